The fourth-order valence-electron chi connectivity index (χ4n) is 7.00. The number of aliphatic hydroxyl groups excluding tert-OH is 1. The summed E-state index contributed by atoms with van der Waals surface area (Å²) in [5.74, 6) is -0.188. The average Bonchev–Trinajstić information content (AvgIpc) is 3.08. The molecule has 0 heterocycles. The van der Waals surface area contributed by atoms with E-state index in [-0.39, 0.29) is 5.91 Å². The molecule has 8 heteroatoms. The molecule has 2 atom stereocenters. The first kappa shape index (κ1) is 49.5. The molecule has 0 radical (unpaired) electrons. The zero-order valence-electron chi connectivity index (χ0n) is 33.3. The van der Waals surface area contributed by atoms with Gasteiger partial charge in [-0.3, -0.25) is 9.32 Å². The maximum atomic E-state index is 12.6. The number of rotatable bonds is 41. The molecule has 0 fully saturated rings. The van der Waals surface area contributed by atoms with Crippen LogP contribution in [0.1, 0.15) is 245 Å². The van der Waals surface area contributed by atoms with E-state index in [0.717, 1.165) is 38.5 Å². The number of carbonyl (C=O) groups is 1. The number of phosphoric ester groups is 1. The molecule has 0 aliphatic rings. The first-order valence-corrected chi connectivity index (χ1v) is 23.5. The number of aliphatic hydroxyl groups is 1. The second-order valence-electron chi connectivity index (χ2n) is 15.4. The van der Waals surface area contributed by atoms with Gasteiger partial charge in [0.2, 0.25) is 5.91 Å². The molecule has 0 aromatic carbocycles. The van der Waals surface area contributed by atoms with E-state index in [0.29, 0.717) is 12.8 Å². The molecular formula is C42H86NO6P. The lowest BCUT2D eigenvalue weighted by Crippen LogP contribution is -2.46. The molecule has 0 rings (SSSR count). The van der Waals surface area contributed by atoms with Crippen molar-refractivity contribution in [3.63, 3.8) is 0 Å². The molecule has 2 unspecified atom stereocenters. The zero-order chi connectivity index (χ0) is 36.8. The van der Waals surface area contributed by atoms with E-state index in [1.54, 1.807) is 0 Å². The predicted molar refractivity (Wildman–Crippen MR) is 213 cm³/mol. The van der Waals surface area contributed by atoms with Crippen LogP contribution >= 0.6 is 7.82 Å². The van der Waals surface area contributed by atoms with Gasteiger partial charge in [0.05, 0.1) is 18.8 Å². The van der Waals surface area contributed by atoms with E-state index in [4.69, 9.17) is 9.79 Å². The van der Waals surface area contributed by atoms with Crippen molar-refractivity contribution in [2.45, 2.75) is 257 Å². The number of hydrogen-bond donors (Lipinski definition) is 4. The number of carbonyl (C=O) groups excluding carboxylic acids is 1. The van der Waals surface area contributed by atoms with E-state index in [1.807, 2.05) is 0 Å². The molecule has 7 nitrogen and oxygen atoms in total. The van der Waals surface area contributed by atoms with Crippen LogP contribution in [0.5, 0.6) is 0 Å². The summed E-state index contributed by atoms with van der Waals surface area (Å²) in [6.07, 6.45) is 43.8. The van der Waals surface area contributed by atoms with E-state index < -0.39 is 26.6 Å². The van der Waals surface area contributed by atoms with E-state index in [2.05, 4.69) is 23.7 Å². The largest absolute Gasteiger partial charge is 0.469 e. The Morgan fingerprint density at radius 2 is 0.780 bits per heavy atom. The highest BCUT2D eigenvalue weighted by atomic mass is 31.2. The molecule has 1 amide bonds. The van der Waals surface area contributed by atoms with Gasteiger partial charge in [-0.2, -0.15) is 0 Å². The Hall–Kier alpha value is -0.460. The first-order valence-electron chi connectivity index (χ1n) is 22.0. The van der Waals surface area contributed by atoms with Gasteiger partial charge in [-0.15, -0.1) is 0 Å². The standard InChI is InChI=1S/C42H86NO6P/c1-3-5-7-9-11-13-15-17-18-19-20-21-22-23-24-26-28-30-32-34-36-38-42(45)43-40(39-49-50(46,47)48)41(44)37-35-33-31-29-27-25-16-14-12-10-8-6-4-2/h40-41,44H,3-39H2,1-2H3,(H,43,45)(H2,46,47,48). The predicted octanol–water partition coefficient (Wildman–Crippen LogP) is 13.0. The summed E-state index contributed by atoms with van der Waals surface area (Å²) < 4.78 is 16.0. The van der Waals surface area contributed by atoms with Crippen molar-refractivity contribution in [2.75, 3.05) is 6.61 Å². The second-order valence-corrected chi connectivity index (χ2v) is 16.6. The molecule has 0 aromatic heterocycles. The van der Waals surface area contributed by atoms with Gasteiger partial charge in [-0.25, -0.2) is 4.57 Å². The van der Waals surface area contributed by atoms with E-state index in [9.17, 15) is 14.5 Å². The van der Waals surface area contributed by atoms with Crippen molar-refractivity contribution in [3.05, 3.63) is 0 Å². The Morgan fingerprint density at radius 1 is 0.500 bits per heavy atom. The van der Waals surface area contributed by atoms with Crippen LogP contribution in [0.2, 0.25) is 0 Å². The minimum absolute atomic E-state index is 0.188. The average molecular weight is 732 g/mol. The lowest BCUT2D eigenvalue weighted by atomic mass is 10.0. The third-order valence-electron chi connectivity index (χ3n) is 10.3. The number of phosphoric acid groups is 1. The highest BCUT2D eigenvalue weighted by molar-refractivity contribution is 7.46. The van der Waals surface area contributed by atoms with Crippen LogP contribution in [-0.2, 0) is 13.9 Å². The van der Waals surface area contributed by atoms with Crippen molar-refractivity contribution in [2.24, 2.45) is 0 Å². The van der Waals surface area contributed by atoms with Crippen molar-refractivity contribution < 1.29 is 28.8 Å². The summed E-state index contributed by atoms with van der Waals surface area (Å²) in [4.78, 5) is 30.9. The molecule has 50 heavy (non-hydrogen) atoms. The summed E-state index contributed by atoms with van der Waals surface area (Å²) in [7, 11) is -4.68. The molecule has 0 aliphatic carbocycles. The van der Waals surface area contributed by atoms with Crippen molar-refractivity contribution in [1.29, 1.82) is 0 Å². The fraction of sp³-hybridized carbons (Fsp3) is 0.976. The summed E-state index contributed by atoms with van der Waals surface area (Å²) in [6, 6.07) is -0.817. The van der Waals surface area contributed by atoms with Crippen LogP contribution in [0.25, 0.3) is 0 Å². The summed E-state index contributed by atoms with van der Waals surface area (Å²) in [5, 5.41) is 13.5. The lowest BCUT2D eigenvalue weighted by molar-refractivity contribution is -0.123. The Morgan fingerprint density at radius 3 is 1.08 bits per heavy atom. The minimum Gasteiger partial charge on any atom is -0.391 e. The maximum absolute atomic E-state index is 12.6. The molecule has 0 aliphatic heterocycles. The van der Waals surface area contributed by atoms with Crippen LogP contribution in [-0.4, -0.2) is 39.6 Å². The van der Waals surface area contributed by atoms with Gasteiger partial charge in [0.15, 0.2) is 0 Å². The number of amides is 1. The topological polar surface area (TPSA) is 116 Å². The van der Waals surface area contributed by atoms with Gasteiger partial charge in [0, 0.05) is 6.42 Å². The van der Waals surface area contributed by atoms with Gasteiger partial charge >= 0.3 is 7.82 Å². The zero-order valence-corrected chi connectivity index (χ0v) is 34.2. The fourth-order valence-corrected chi connectivity index (χ4v) is 7.35. The highest BCUT2D eigenvalue weighted by Gasteiger charge is 2.25. The first-order chi connectivity index (χ1) is 24.3. The number of hydrogen-bond acceptors (Lipinski definition) is 4. The molecule has 0 spiro atoms. The summed E-state index contributed by atoms with van der Waals surface area (Å²) in [5.41, 5.74) is 0. The smallest absolute Gasteiger partial charge is 0.391 e. The molecular weight excluding hydrogens is 645 g/mol. The van der Waals surface area contributed by atoms with Gasteiger partial charge < -0.3 is 20.2 Å². The van der Waals surface area contributed by atoms with Crippen molar-refractivity contribution in [3.8, 4) is 0 Å². The van der Waals surface area contributed by atoms with Crippen molar-refractivity contribution in [1.82, 2.24) is 5.32 Å². The summed E-state index contributed by atoms with van der Waals surface area (Å²) >= 11 is 0. The normalized spacial score (nSPS) is 13.1. The maximum Gasteiger partial charge on any atom is 0.469 e. The van der Waals surface area contributed by atoms with Crippen LogP contribution in [0, 0.1) is 0 Å². The molecule has 300 valence electrons. The lowest BCUT2D eigenvalue weighted by Gasteiger charge is -2.24. The van der Waals surface area contributed by atoms with Gasteiger partial charge in [-0.1, -0.05) is 226 Å². The quantitative estimate of drug-likeness (QED) is 0.0367. The molecule has 0 saturated heterocycles. The molecule has 0 bridgehead atoms. The van der Waals surface area contributed by atoms with Crippen molar-refractivity contribution >= 4 is 13.7 Å². The third kappa shape index (κ3) is 38.8. The van der Waals surface area contributed by atoms with Crippen LogP contribution in [0.3, 0.4) is 0 Å². The van der Waals surface area contributed by atoms with E-state index >= 15 is 0 Å². The second kappa shape index (κ2) is 38.3. The molecule has 0 saturated carbocycles. The SMILES string of the molecule is CCCCCCCCCCCCCCCCCCCCCCCC(=O)NC(COP(=O)(O)O)C(O)CCCCCCCCCCCCCCC. The van der Waals surface area contributed by atoms with Crippen LogP contribution in [0.4, 0.5) is 0 Å². The minimum atomic E-state index is -4.68. The summed E-state index contributed by atoms with van der Waals surface area (Å²) in [6.45, 7) is 4.14. The Bertz CT molecular complexity index is 748. The third-order valence-corrected chi connectivity index (χ3v) is 10.8. The Labute approximate surface area is 310 Å². The highest BCUT2D eigenvalue weighted by Crippen LogP contribution is 2.36. The monoisotopic (exact) mass is 732 g/mol. The van der Waals surface area contributed by atoms with Gasteiger partial charge in [0.1, 0.15) is 0 Å². The van der Waals surface area contributed by atoms with Gasteiger partial charge in [0.25, 0.3) is 0 Å². The number of nitrogens with one attached hydrogen (secondary N) is 1. The Kier molecular flexibility index (Phi) is 37.9. The van der Waals surface area contributed by atoms with E-state index in [1.165, 1.54) is 180 Å². The number of unbranched alkanes of at least 4 members (excludes halogenated alkanes) is 32. The van der Waals surface area contributed by atoms with Crippen LogP contribution < -0.4 is 5.32 Å². The Balaban J connectivity index is 3.81. The van der Waals surface area contributed by atoms with Crippen LogP contribution in [0.15, 0.2) is 0 Å². The van der Waals surface area contributed by atoms with Gasteiger partial charge in [-0.05, 0) is 12.8 Å². The molecule has 4 N–H and O–H groups in total. The molecule has 0 aromatic rings.